The minimum Gasteiger partial charge on any atom is -0.392 e. The molecule has 0 aromatic heterocycles. The van der Waals surface area contributed by atoms with Gasteiger partial charge in [-0.15, -0.1) is 0 Å². The largest absolute Gasteiger partial charge is 0.392 e. The van der Waals surface area contributed by atoms with Crippen LogP contribution in [0.15, 0.2) is 0 Å². The van der Waals surface area contributed by atoms with Gasteiger partial charge >= 0.3 is 0 Å². The van der Waals surface area contributed by atoms with Crippen LogP contribution < -0.4 is 0 Å². The minimum absolute atomic E-state index is 0.156. The average molecular weight is 256 g/mol. The van der Waals surface area contributed by atoms with Crippen LogP contribution in [0, 0.1) is 0 Å². The van der Waals surface area contributed by atoms with Crippen LogP contribution in [0.4, 0.5) is 0 Å². The molecular weight excluding hydrogens is 232 g/mol. The summed E-state index contributed by atoms with van der Waals surface area (Å²) in [5, 5.41) is 9.62. The quantitative estimate of drug-likeness (QED) is 0.774. The number of hydrogen-bond acceptors (Lipinski definition) is 4. The van der Waals surface area contributed by atoms with E-state index < -0.39 is 0 Å². The third-order valence-corrected chi connectivity index (χ3v) is 3.83. The third kappa shape index (κ3) is 3.43. The summed E-state index contributed by atoms with van der Waals surface area (Å²) in [4.78, 5) is 16.3. The van der Waals surface area contributed by atoms with Crippen molar-refractivity contribution in [2.24, 2.45) is 0 Å². The zero-order valence-corrected chi connectivity index (χ0v) is 11.2. The molecule has 18 heavy (non-hydrogen) atoms. The lowest BCUT2D eigenvalue weighted by Gasteiger charge is -2.36. The first-order valence-electron chi connectivity index (χ1n) is 7.01. The van der Waals surface area contributed by atoms with Gasteiger partial charge in [-0.1, -0.05) is 6.92 Å². The fourth-order valence-electron chi connectivity index (χ4n) is 2.55. The highest BCUT2D eigenvalue weighted by Gasteiger charge is 2.30. The van der Waals surface area contributed by atoms with E-state index in [9.17, 15) is 9.90 Å². The number of hydrogen-bond donors (Lipinski definition) is 1. The van der Waals surface area contributed by atoms with Crippen molar-refractivity contribution in [3.63, 3.8) is 0 Å². The number of β-amino-alcohol motifs (C(OH)–C–C–N with tert-alkyl or cyclic N) is 1. The molecule has 2 saturated heterocycles. The Balaban J connectivity index is 1.74. The molecule has 5 nitrogen and oxygen atoms in total. The Kier molecular flexibility index (Phi) is 4.97. The monoisotopic (exact) mass is 256 g/mol. The molecule has 0 saturated carbocycles. The second-order valence-corrected chi connectivity index (χ2v) is 5.19. The van der Waals surface area contributed by atoms with Gasteiger partial charge in [0.25, 0.3) is 5.91 Å². The maximum atomic E-state index is 12.1. The van der Waals surface area contributed by atoms with Crippen molar-refractivity contribution in [3.05, 3.63) is 0 Å². The SMILES string of the molecule is CC[C@@H](O)CN1CCN(C(=O)C2CCCO2)CC1. The molecule has 2 atom stereocenters. The van der Waals surface area contributed by atoms with Crippen LogP contribution in [0.25, 0.3) is 0 Å². The van der Waals surface area contributed by atoms with E-state index in [2.05, 4.69) is 4.90 Å². The molecule has 0 aromatic carbocycles. The fraction of sp³-hybridized carbons (Fsp3) is 0.923. The zero-order chi connectivity index (χ0) is 13.0. The van der Waals surface area contributed by atoms with Crippen molar-refractivity contribution in [2.75, 3.05) is 39.3 Å². The second kappa shape index (κ2) is 6.50. The van der Waals surface area contributed by atoms with Crippen molar-refractivity contribution in [3.8, 4) is 0 Å². The smallest absolute Gasteiger partial charge is 0.251 e. The standard InChI is InChI=1S/C13H24N2O3/c1-2-11(16)10-14-5-7-15(8-6-14)13(17)12-4-3-9-18-12/h11-12,16H,2-10H2,1H3/t11-,12?/m1/s1. The van der Waals surface area contributed by atoms with Crippen molar-refractivity contribution in [2.45, 2.75) is 38.4 Å². The van der Waals surface area contributed by atoms with Gasteiger partial charge in [-0.3, -0.25) is 9.69 Å². The van der Waals surface area contributed by atoms with E-state index in [1.165, 1.54) is 0 Å². The molecule has 0 spiro atoms. The predicted molar refractivity (Wildman–Crippen MR) is 68.3 cm³/mol. The van der Waals surface area contributed by atoms with Gasteiger partial charge in [0.1, 0.15) is 6.10 Å². The van der Waals surface area contributed by atoms with E-state index in [1.54, 1.807) is 0 Å². The lowest BCUT2D eigenvalue weighted by Crippen LogP contribution is -2.52. The molecule has 0 aromatic rings. The van der Waals surface area contributed by atoms with E-state index in [-0.39, 0.29) is 18.1 Å². The first kappa shape index (κ1) is 13.8. The number of rotatable bonds is 4. The zero-order valence-electron chi connectivity index (χ0n) is 11.2. The van der Waals surface area contributed by atoms with Gasteiger partial charge in [-0.05, 0) is 19.3 Å². The number of nitrogens with zero attached hydrogens (tertiary/aromatic N) is 2. The van der Waals surface area contributed by atoms with Crippen LogP contribution in [-0.4, -0.2) is 72.4 Å². The van der Waals surface area contributed by atoms with Gasteiger partial charge in [0, 0.05) is 39.3 Å². The molecule has 2 fully saturated rings. The summed E-state index contributed by atoms with van der Waals surface area (Å²) in [7, 11) is 0. The molecule has 2 aliphatic heterocycles. The molecule has 1 N–H and O–H groups in total. The number of carbonyl (C=O) groups is 1. The maximum Gasteiger partial charge on any atom is 0.251 e. The fourth-order valence-corrected chi connectivity index (χ4v) is 2.55. The summed E-state index contributed by atoms with van der Waals surface area (Å²) in [6.07, 6.45) is 2.21. The van der Waals surface area contributed by atoms with E-state index in [4.69, 9.17) is 4.74 Å². The molecule has 2 heterocycles. The summed E-state index contributed by atoms with van der Waals surface area (Å²) in [6.45, 7) is 6.66. The van der Waals surface area contributed by atoms with Crippen molar-refractivity contribution in [1.82, 2.24) is 9.80 Å². The highest BCUT2D eigenvalue weighted by Crippen LogP contribution is 2.16. The predicted octanol–water partition coefficient (Wildman–Crippen LogP) is 0.0805. The Morgan fingerprint density at radius 2 is 2.11 bits per heavy atom. The lowest BCUT2D eigenvalue weighted by atomic mass is 10.2. The number of amides is 1. The number of aliphatic hydroxyl groups excluding tert-OH is 1. The van der Waals surface area contributed by atoms with Crippen LogP contribution in [-0.2, 0) is 9.53 Å². The Morgan fingerprint density at radius 3 is 2.67 bits per heavy atom. The van der Waals surface area contributed by atoms with Crippen LogP contribution in [0.1, 0.15) is 26.2 Å². The van der Waals surface area contributed by atoms with Gasteiger partial charge in [-0.2, -0.15) is 0 Å². The highest BCUT2D eigenvalue weighted by molar-refractivity contribution is 5.81. The summed E-state index contributed by atoms with van der Waals surface area (Å²) in [5.41, 5.74) is 0. The summed E-state index contributed by atoms with van der Waals surface area (Å²) < 4.78 is 5.43. The number of carbonyl (C=O) groups excluding carboxylic acids is 1. The minimum atomic E-state index is -0.245. The lowest BCUT2D eigenvalue weighted by molar-refractivity contribution is -0.142. The number of aliphatic hydroxyl groups is 1. The Labute approximate surface area is 109 Å². The molecule has 0 bridgehead atoms. The number of ether oxygens (including phenoxy) is 1. The molecular formula is C13H24N2O3. The summed E-state index contributed by atoms with van der Waals surface area (Å²) in [6, 6.07) is 0. The van der Waals surface area contributed by atoms with Crippen molar-refractivity contribution >= 4 is 5.91 Å². The van der Waals surface area contributed by atoms with Crippen LogP contribution in [0.3, 0.4) is 0 Å². The molecule has 104 valence electrons. The van der Waals surface area contributed by atoms with Gasteiger partial charge in [0.2, 0.25) is 0 Å². The van der Waals surface area contributed by atoms with Crippen molar-refractivity contribution < 1.29 is 14.6 Å². The average Bonchev–Trinajstić information content (AvgIpc) is 2.92. The van der Waals surface area contributed by atoms with Gasteiger partial charge < -0.3 is 14.7 Å². The van der Waals surface area contributed by atoms with Gasteiger partial charge in [0.15, 0.2) is 0 Å². The second-order valence-electron chi connectivity index (χ2n) is 5.19. The summed E-state index contributed by atoms with van der Waals surface area (Å²) in [5.74, 6) is 0.156. The highest BCUT2D eigenvalue weighted by atomic mass is 16.5. The van der Waals surface area contributed by atoms with Crippen LogP contribution >= 0.6 is 0 Å². The number of piperazine rings is 1. The van der Waals surface area contributed by atoms with E-state index in [0.717, 1.165) is 58.6 Å². The van der Waals surface area contributed by atoms with Crippen LogP contribution in [0.2, 0.25) is 0 Å². The van der Waals surface area contributed by atoms with E-state index in [0.29, 0.717) is 0 Å². The van der Waals surface area contributed by atoms with Crippen LogP contribution in [0.5, 0.6) is 0 Å². The van der Waals surface area contributed by atoms with E-state index >= 15 is 0 Å². The maximum absolute atomic E-state index is 12.1. The van der Waals surface area contributed by atoms with Crippen molar-refractivity contribution in [1.29, 1.82) is 0 Å². The molecule has 1 amide bonds. The van der Waals surface area contributed by atoms with Gasteiger partial charge in [0.05, 0.1) is 6.10 Å². The Hall–Kier alpha value is -0.650. The molecule has 5 heteroatoms. The Morgan fingerprint density at radius 1 is 1.39 bits per heavy atom. The third-order valence-electron chi connectivity index (χ3n) is 3.83. The molecule has 1 unspecified atom stereocenters. The molecule has 0 aliphatic carbocycles. The molecule has 2 aliphatic rings. The Bertz CT molecular complexity index is 271. The first-order chi connectivity index (χ1) is 8.70. The van der Waals surface area contributed by atoms with Gasteiger partial charge in [-0.25, -0.2) is 0 Å². The normalized spacial score (nSPS) is 27.4. The first-order valence-corrected chi connectivity index (χ1v) is 7.01. The summed E-state index contributed by atoms with van der Waals surface area (Å²) >= 11 is 0. The molecule has 0 radical (unpaired) electrons. The molecule has 2 rings (SSSR count). The van der Waals surface area contributed by atoms with E-state index in [1.807, 2.05) is 11.8 Å². The topological polar surface area (TPSA) is 53.0 Å².